The van der Waals surface area contributed by atoms with Crippen LogP contribution in [0, 0.1) is 0 Å². The van der Waals surface area contributed by atoms with E-state index in [1.165, 1.54) is 96.6 Å². The van der Waals surface area contributed by atoms with Crippen LogP contribution in [0.5, 0.6) is 0 Å². The summed E-state index contributed by atoms with van der Waals surface area (Å²) in [5.74, 6) is 0. The van der Waals surface area contributed by atoms with Crippen molar-refractivity contribution >= 4 is 86.0 Å². The van der Waals surface area contributed by atoms with Crippen molar-refractivity contribution in [3.63, 3.8) is 0 Å². The molecule has 1 aromatic heterocycles. The minimum Gasteiger partial charge on any atom is -0.356 e. The van der Waals surface area contributed by atoms with Crippen molar-refractivity contribution in [1.29, 1.82) is 0 Å². The van der Waals surface area contributed by atoms with Crippen LogP contribution in [0.3, 0.4) is 0 Å². The minimum absolute atomic E-state index is 1.08. The van der Waals surface area contributed by atoms with Crippen molar-refractivity contribution < 1.29 is 0 Å². The van der Waals surface area contributed by atoms with Crippen molar-refractivity contribution in [3.8, 4) is 33.4 Å². The first kappa shape index (κ1) is 35.6. The first-order chi connectivity index (χ1) is 29.7. The quantitative estimate of drug-likeness (QED) is 0.172. The molecule has 60 heavy (non-hydrogen) atoms. The normalized spacial score (nSPS) is 11.3. The maximum atomic E-state index is 3.58. The van der Waals surface area contributed by atoms with Crippen molar-refractivity contribution in [3.05, 3.63) is 231 Å². The zero-order chi connectivity index (χ0) is 39.8. The summed E-state index contributed by atoms with van der Waals surface area (Å²) in [4.78, 5) is 0. The Bertz CT molecular complexity index is 3490. The molecule has 0 saturated heterocycles. The van der Waals surface area contributed by atoms with Crippen LogP contribution in [0.4, 0.5) is 11.4 Å². The summed E-state index contributed by atoms with van der Waals surface area (Å²) in [6.45, 7) is 0. The molecular weight excluding hydrogens is 743 g/mol. The first-order valence-electron chi connectivity index (χ1n) is 20.5. The van der Waals surface area contributed by atoms with E-state index < -0.39 is 0 Å². The van der Waals surface area contributed by atoms with E-state index in [4.69, 9.17) is 0 Å². The fraction of sp³-hybridized carbons (Fsp3) is 0. The number of hydrogen-bond donors (Lipinski definition) is 1. The number of rotatable bonds is 5. The topological polar surface area (TPSA) is 12.0 Å². The average Bonchev–Trinajstić information content (AvgIpc) is 3.70. The molecule has 282 valence electrons. The van der Waals surface area contributed by atoms with Crippen LogP contribution < -0.4 is 5.32 Å². The predicted octanol–water partition coefficient (Wildman–Crippen LogP) is 17.1. The lowest BCUT2D eigenvalue weighted by Gasteiger charge is -2.12. The molecule has 1 N–H and O–H groups in total. The maximum absolute atomic E-state index is 3.58. The second-order valence-corrected chi connectivity index (χ2v) is 16.4. The molecule has 1 nitrogen and oxygen atoms in total. The van der Waals surface area contributed by atoms with Gasteiger partial charge in [-0.1, -0.05) is 176 Å². The van der Waals surface area contributed by atoms with E-state index in [9.17, 15) is 0 Å². The first-order valence-corrected chi connectivity index (χ1v) is 21.3. The largest absolute Gasteiger partial charge is 0.356 e. The van der Waals surface area contributed by atoms with Gasteiger partial charge in [0.2, 0.25) is 0 Å². The molecule has 0 fully saturated rings. The summed E-state index contributed by atoms with van der Waals surface area (Å²) >= 11 is 1.86. The van der Waals surface area contributed by atoms with Crippen LogP contribution in [-0.2, 0) is 0 Å². The molecule has 0 amide bonds. The zero-order valence-electron chi connectivity index (χ0n) is 32.8. The SMILES string of the molecule is c1ccc(-c2cc3ccccc3c3ccccc23)cc1.c1ccc2c(c1)cc(-c1ccc(Nc3ccc(-c4ccc5sc6ccccc6c5c4)cc3)cc1)c1ccccc12. The Morgan fingerprint density at radius 3 is 1.25 bits per heavy atom. The number of thiophene rings is 1. The van der Waals surface area contributed by atoms with Gasteiger partial charge in [-0.3, -0.25) is 0 Å². The molecule has 0 saturated carbocycles. The fourth-order valence-electron chi connectivity index (χ4n) is 8.76. The van der Waals surface area contributed by atoms with Gasteiger partial charge in [-0.25, -0.2) is 0 Å². The van der Waals surface area contributed by atoms with Crippen LogP contribution >= 0.6 is 11.3 Å². The number of hydrogen-bond acceptors (Lipinski definition) is 2. The summed E-state index contributed by atoms with van der Waals surface area (Å²) < 4.78 is 2.68. The maximum Gasteiger partial charge on any atom is 0.0384 e. The highest BCUT2D eigenvalue weighted by Gasteiger charge is 2.11. The molecule has 0 bridgehead atoms. The number of fused-ring (bicyclic) bond motifs is 9. The van der Waals surface area contributed by atoms with Gasteiger partial charge in [0.15, 0.2) is 0 Å². The highest BCUT2D eigenvalue weighted by atomic mass is 32.1. The average molecular weight is 782 g/mol. The van der Waals surface area contributed by atoms with Crippen LogP contribution in [0.15, 0.2) is 231 Å². The van der Waals surface area contributed by atoms with Gasteiger partial charge in [0.05, 0.1) is 0 Å². The molecule has 12 rings (SSSR count). The molecule has 0 spiro atoms. The summed E-state index contributed by atoms with van der Waals surface area (Å²) in [6, 6.07) is 82.8. The lowest BCUT2D eigenvalue weighted by Crippen LogP contribution is -1.91. The van der Waals surface area contributed by atoms with E-state index in [2.05, 4.69) is 236 Å². The lowest BCUT2D eigenvalue weighted by molar-refractivity contribution is 1.54. The summed E-state index contributed by atoms with van der Waals surface area (Å²) in [5.41, 5.74) is 9.69. The van der Waals surface area contributed by atoms with Crippen LogP contribution in [0.2, 0.25) is 0 Å². The molecule has 2 heteroatoms. The second-order valence-electron chi connectivity index (χ2n) is 15.3. The van der Waals surface area contributed by atoms with Crippen molar-refractivity contribution in [2.24, 2.45) is 0 Å². The Morgan fingerprint density at radius 2 is 0.667 bits per heavy atom. The van der Waals surface area contributed by atoms with Gasteiger partial charge in [-0.05, 0) is 131 Å². The Balaban J connectivity index is 0.000000171. The Kier molecular flexibility index (Phi) is 9.11. The number of benzene rings is 11. The molecule has 0 aliphatic rings. The van der Waals surface area contributed by atoms with Gasteiger partial charge < -0.3 is 5.32 Å². The lowest BCUT2D eigenvalue weighted by atomic mass is 9.93. The van der Waals surface area contributed by atoms with Crippen LogP contribution in [-0.4, -0.2) is 0 Å². The molecule has 0 unspecified atom stereocenters. The molecular formula is C58H39NS. The zero-order valence-corrected chi connectivity index (χ0v) is 33.7. The molecule has 0 atom stereocenters. The Labute approximate surface area is 353 Å². The molecule has 0 aliphatic heterocycles. The van der Waals surface area contributed by atoms with E-state index in [0.29, 0.717) is 0 Å². The smallest absolute Gasteiger partial charge is 0.0384 e. The van der Waals surface area contributed by atoms with Gasteiger partial charge in [-0.15, -0.1) is 11.3 Å². The van der Waals surface area contributed by atoms with E-state index in [1.54, 1.807) is 0 Å². The molecule has 0 radical (unpaired) electrons. The third kappa shape index (κ3) is 6.63. The molecule has 1 heterocycles. The standard InChI is InChI=1S/C38H25NS.C20H14/c1-2-8-31-28(7-1)24-35(33-10-4-3-9-32(31)33)26-15-20-30(21-16-26)39-29-18-13-25(14-19-29)27-17-22-38-36(23-27)34-11-5-6-12-37(34)40-38;1-2-8-15(9-3-1)20-14-16-10-4-5-11-17(16)18-12-6-7-13-19(18)20/h1-24,39H;1-14H. The monoisotopic (exact) mass is 781 g/mol. The van der Waals surface area contributed by atoms with E-state index in [1.807, 2.05) is 11.3 Å². The van der Waals surface area contributed by atoms with E-state index in [0.717, 1.165) is 11.4 Å². The number of anilines is 2. The van der Waals surface area contributed by atoms with Crippen molar-refractivity contribution in [2.75, 3.05) is 5.32 Å². The second kappa shape index (κ2) is 15.3. The summed E-state index contributed by atoms with van der Waals surface area (Å²) in [7, 11) is 0. The highest BCUT2D eigenvalue weighted by Crippen LogP contribution is 2.38. The van der Waals surface area contributed by atoms with Crippen LogP contribution in [0.25, 0.3) is 96.6 Å². The molecule has 11 aromatic carbocycles. The van der Waals surface area contributed by atoms with Gasteiger partial charge >= 0.3 is 0 Å². The molecule has 0 aliphatic carbocycles. The van der Waals surface area contributed by atoms with Crippen LogP contribution in [0.1, 0.15) is 0 Å². The fourth-order valence-corrected chi connectivity index (χ4v) is 9.84. The highest BCUT2D eigenvalue weighted by molar-refractivity contribution is 7.25. The van der Waals surface area contributed by atoms with Gasteiger partial charge in [0, 0.05) is 31.5 Å². The minimum atomic E-state index is 1.08. The van der Waals surface area contributed by atoms with E-state index in [-0.39, 0.29) is 0 Å². The summed E-state index contributed by atoms with van der Waals surface area (Å²) in [6.07, 6.45) is 0. The van der Waals surface area contributed by atoms with Crippen molar-refractivity contribution in [1.82, 2.24) is 0 Å². The summed E-state index contributed by atoms with van der Waals surface area (Å²) in [5, 5.41) is 16.7. The van der Waals surface area contributed by atoms with Gasteiger partial charge in [0.25, 0.3) is 0 Å². The molecule has 12 aromatic rings. The Morgan fingerprint density at radius 1 is 0.250 bits per heavy atom. The number of nitrogens with one attached hydrogen (secondary N) is 1. The van der Waals surface area contributed by atoms with E-state index >= 15 is 0 Å². The Hall–Kier alpha value is -7.52. The third-order valence-electron chi connectivity index (χ3n) is 11.7. The predicted molar refractivity (Wildman–Crippen MR) is 262 cm³/mol. The third-order valence-corrected chi connectivity index (χ3v) is 12.9. The van der Waals surface area contributed by atoms with Gasteiger partial charge in [0.1, 0.15) is 0 Å². The van der Waals surface area contributed by atoms with Gasteiger partial charge in [-0.2, -0.15) is 0 Å². The van der Waals surface area contributed by atoms with Crippen molar-refractivity contribution in [2.45, 2.75) is 0 Å².